The Morgan fingerprint density at radius 3 is 3.00 bits per heavy atom. The first kappa shape index (κ1) is 14.8. The van der Waals surface area contributed by atoms with E-state index in [4.69, 9.17) is 4.74 Å². The van der Waals surface area contributed by atoms with E-state index in [-0.39, 0.29) is 17.9 Å². The maximum atomic E-state index is 12.5. The Bertz CT molecular complexity index is 660. The summed E-state index contributed by atoms with van der Waals surface area (Å²) in [6.45, 7) is 4.72. The molecule has 7 nitrogen and oxygen atoms in total. The summed E-state index contributed by atoms with van der Waals surface area (Å²) in [7, 11) is 1.86. The maximum Gasteiger partial charge on any atom is 0.231 e. The van der Waals surface area contributed by atoms with Crippen molar-refractivity contribution in [2.75, 3.05) is 11.9 Å². The normalized spacial score (nSPS) is 21.5. The van der Waals surface area contributed by atoms with Crippen molar-refractivity contribution in [3.05, 3.63) is 29.7 Å². The quantitative estimate of drug-likeness (QED) is 0.904. The number of aryl methyl sites for hydroxylation is 1. The van der Waals surface area contributed by atoms with E-state index < -0.39 is 0 Å². The van der Waals surface area contributed by atoms with E-state index in [1.807, 2.05) is 19.2 Å². The zero-order valence-corrected chi connectivity index (χ0v) is 13.0. The second kappa shape index (κ2) is 5.92. The molecule has 0 aliphatic carbocycles. The van der Waals surface area contributed by atoms with Crippen molar-refractivity contribution in [3.63, 3.8) is 0 Å². The first-order valence-electron chi connectivity index (χ1n) is 7.52. The van der Waals surface area contributed by atoms with Crippen LogP contribution in [-0.2, 0) is 16.6 Å². The van der Waals surface area contributed by atoms with E-state index in [0.29, 0.717) is 24.8 Å². The number of nitrogens with zero attached hydrogens (tertiary/aromatic N) is 3. The first-order valence-corrected chi connectivity index (χ1v) is 7.52. The van der Waals surface area contributed by atoms with Gasteiger partial charge in [-0.2, -0.15) is 10.2 Å². The van der Waals surface area contributed by atoms with Gasteiger partial charge < -0.3 is 10.1 Å². The molecule has 2 aromatic heterocycles. The van der Waals surface area contributed by atoms with Gasteiger partial charge in [0.05, 0.1) is 11.6 Å². The van der Waals surface area contributed by atoms with Crippen LogP contribution in [0.1, 0.15) is 43.7 Å². The Labute approximate surface area is 129 Å². The molecule has 2 N–H and O–H groups in total. The lowest BCUT2D eigenvalue weighted by Gasteiger charge is -2.17. The molecule has 1 amide bonds. The molecule has 2 aromatic rings. The third-order valence-electron chi connectivity index (χ3n) is 4.05. The summed E-state index contributed by atoms with van der Waals surface area (Å²) in [5, 5.41) is 14.1. The molecular formula is C15H21N5O2. The van der Waals surface area contributed by atoms with Gasteiger partial charge in [0.15, 0.2) is 5.82 Å². The molecule has 0 radical (unpaired) electrons. The number of amides is 1. The number of nitrogens with one attached hydrogen (secondary N) is 2. The number of aromatic nitrogens is 4. The van der Waals surface area contributed by atoms with Crippen molar-refractivity contribution in [1.82, 2.24) is 20.0 Å². The number of H-pyrrole nitrogens is 1. The van der Waals surface area contributed by atoms with E-state index in [1.165, 1.54) is 0 Å². The third-order valence-corrected chi connectivity index (χ3v) is 4.05. The van der Waals surface area contributed by atoms with E-state index in [1.54, 1.807) is 10.9 Å². The number of hydrogen-bond acceptors (Lipinski definition) is 4. The number of aromatic amines is 1. The van der Waals surface area contributed by atoms with Crippen LogP contribution in [0.4, 0.5) is 5.82 Å². The van der Waals surface area contributed by atoms with Gasteiger partial charge in [-0.25, -0.2) is 0 Å². The molecule has 3 rings (SSSR count). The number of ether oxygens (including phenoxy) is 1. The monoisotopic (exact) mass is 303 g/mol. The van der Waals surface area contributed by atoms with Gasteiger partial charge in [0.2, 0.25) is 5.91 Å². The average molecular weight is 303 g/mol. The number of rotatable bonds is 4. The predicted octanol–water partition coefficient (Wildman–Crippen LogP) is 1.98. The van der Waals surface area contributed by atoms with Crippen LogP contribution >= 0.6 is 0 Å². The number of hydrogen-bond donors (Lipinski definition) is 2. The molecule has 1 aliphatic heterocycles. The van der Waals surface area contributed by atoms with Crippen LogP contribution in [0, 0.1) is 5.92 Å². The molecule has 1 saturated heterocycles. The summed E-state index contributed by atoms with van der Waals surface area (Å²) in [6.07, 6.45) is 2.16. The van der Waals surface area contributed by atoms with Gasteiger partial charge in [0.1, 0.15) is 6.10 Å². The Morgan fingerprint density at radius 2 is 2.36 bits per heavy atom. The van der Waals surface area contributed by atoms with Crippen LogP contribution < -0.4 is 5.32 Å². The highest BCUT2D eigenvalue weighted by Gasteiger charge is 2.37. The molecule has 0 unspecified atom stereocenters. The summed E-state index contributed by atoms with van der Waals surface area (Å²) in [6, 6.07) is 3.76. The van der Waals surface area contributed by atoms with E-state index >= 15 is 0 Å². The van der Waals surface area contributed by atoms with E-state index in [9.17, 15) is 4.79 Å². The highest BCUT2D eigenvalue weighted by Crippen LogP contribution is 2.34. The van der Waals surface area contributed by atoms with Crippen molar-refractivity contribution < 1.29 is 9.53 Å². The molecule has 1 fully saturated rings. The summed E-state index contributed by atoms with van der Waals surface area (Å²) in [5.74, 6) is 0.611. The largest absolute Gasteiger partial charge is 0.371 e. The third kappa shape index (κ3) is 2.76. The molecule has 0 spiro atoms. The Hall–Kier alpha value is -2.15. The summed E-state index contributed by atoms with van der Waals surface area (Å²) < 4.78 is 7.49. The van der Waals surface area contributed by atoms with Gasteiger partial charge in [0.25, 0.3) is 0 Å². The highest BCUT2D eigenvalue weighted by atomic mass is 16.5. The molecule has 2 atom stereocenters. The minimum atomic E-state index is -0.254. The van der Waals surface area contributed by atoms with Crippen molar-refractivity contribution in [1.29, 1.82) is 0 Å². The topological polar surface area (TPSA) is 84.8 Å². The van der Waals surface area contributed by atoms with Gasteiger partial charge in [0, 0.05) is 31.6 Å². The highest BCUT2D eigenvalue weighted by molar-refractivity contribution is 5.92. The lowest BCUT2D eigenvalue weighted by atomic mass is 9.98. The van der Waals surface area contributed by atoms with Crippen LogP contribution in [0.15, 0.2) is 18.3 Å². The zero-order valence-electron chi connectivity index (χ0n) is 13.0. The van der Waals surface area contributed by atoms with Gasteiger partial charge >= 0.3 is 0 Å². The number of carbonyl (C=O) groups excluding carboxylic acids is 1. The minimum absolute atomic E-state index is 0.0643. The Kier molecular flexibility index (Phi) is 3.98. The standard InChI is InChI=1S/C15H21N5O2/c1-9(2)11-8-13(19-18-11)17-15(21)10-5-7-22-14(10)12-4-6-16-20(12)3/h4,6,8-10,14H,5,7H2,1-3H3,(H2,17,18,19,21)/t10-,14-/m1/s1. The fourth-order valence-electron chi connectivity index (χ4n) is 2.73. The lowest BCUT2D eigenvalue weighted by molar-refractivity contribution is -0.121. The van der Waals surface area contributed by atoms with Crippen LogP contribution in [0.5, 0.6) is 0 Å². The number of anilines is 1. The molecule has 3 heterocycles. The summed E-state index contributed by atoms with van der Waals surface area (Å²) in [4.78, 5) is 12.5. The van der Waals surface area contributed by atoms with Crippen molar-refractivity contribution >= 4 is 11.7 Å². The Balaban J connectivity index is 1.72. The van der Waals surface area contributed by atoms with Crippen molar-refractivity contribution in [3.8, 4) is 0 Å². The molecular weight excluding hydrogens is 282 g/mol. The molecule has 0 bridgehead atoms. The SMILES string of the molecule is CC(C)c1cc(NC(=O)[C@@H]2CCO[C@H]2c2ccnn2C)n[nH]1. The fourth-order valence-corrected chi connectivity index (χ4v) is 2.73. The second-order valence-corrected chi connectivity index (χ2v) is 5.92. The molecule has 1 aliphatic rings. The van der Waals surface area contributed by atoms with Gasteiger partial charge in [-0.15, -0.1) is 0 Å². The van der Waals surface area contributed by atoms with E-state index in [2.05, 4.69) is 34.5 Å². The molecule has 0 saturated carbocycles. The average Bonchev–Trinajstić information content (AvgIpc) is 3.17. The summed E-state index contributed by atoms with van der Waals surface area (Å²) >= 11 is 0. The van der Waals surface area contributed by atoms with Crippen LogP contribution in [0.3, 0.4) is 0 Å². The maximum absolute atomic E-state index is 12.5. The Morgan fingerprint density at radius 1 is 1.55 bits per heavy atom. The second-order valence-electron chi connectivity index (χ2n) is 5.92. The lowest BCUT2D eigenvalue weighted by Crippen LogP contribution is -2.26. The van der Waals surface area contributed by atoms with Crippen LogP contribution in [0.25, 0.3) is 0 Å². The molecule has 7 heteroatoms. The van der Waals surface area contributed by atoms with Gasteiger partial charge in [-0.05, 0) is 18.4 Å². The van der Waals surface area contributed by atoms with Crippen molar-refractivity contribution in [2.24, 2.45) is 13.0 Å². The van der Waals surface area contributed by atoms with E-state index in [0.717, 1.165) is 11.4 Å². The van der Waals surface area contributed by atoms with Crippen LogP contribution in [0.2, 0.25) is 0 Å². The van der Waals surface area contributed by atoms with Gasteiger partial charge in [-0.1, -0.05) is 13.8 Å². The minimum Gasteiger partial charge on any atom is -0.371 e. The fraction of sp³-hybridized carbons (Fsp3) is 0.533. The molecule has 0 aromatic carbocycles. The smallest absolute Gasteiger partial charge is 0.231 e. The first-order chi connectivity index (χ1) is 10.6. The number of carbonyl (C=O) groups is 1. The van der Waals surface area contributed by atoms with Crippen molar-refractivity contribution in [2.45, 2.75) is 32.3 Å². The van der Waals surface area contributed by atoms with Gasteiger partial charge in [-0.3, -0.25) is 14.6 Å². The molecule has 118 valence electrons. The zero-order chi connectivity index (χ0) is 15.7. The predicted molar refractivity (Wildman–Crippen MR) is 81.3 cm³/mol. The molecule has 22 heavy (non-hydrogen) atoms. The van der Waals surface area contributed by atoms with Crippen LogP contribution in [-0.4, -0.2) is 32.5 Å². The summed E-state index contributed by atoms with van der Waals surface area (Å²) in [5.41, 5.74) is 1.92.